The van der Waals surface area contributed by atoms with Crippen molar-refractivity contribution >= 4 is 9.84 Å². The predicted molar refractivity (Wildman–Crippen MR) is 54.5 cm³/mol. The van der Waals surface area contributed by atoms with Crippen molar-refractivity contribution in [3.63, 3.8) is 0 Å². The zero-order valence-electron chi connectivity index (χ0n) is 8.33. The van der Waals surface area contributed by atoms with Gasteiger partial charge in [0.2, 0.25) is 0 Å². The minimum absolute atomic E-state index is 0.0335. The molecule has 0 saturated carbocycles. The second kappa shape index (κ2) is 7.33. The molecule has 0 heterocycles. The highest BCUT2D eigenvalue weighted by Crippen LogP contribution is 2.03. The molecule has 0 aliphatic carbocycles. The monoisotopic (exact) mass is 208 g/mol. The van der Waals surface area contributed by atoms with E-state index in [1.165, 1.54) is 0 Å². The summed E-state index contributed by atoms with van der Waals surface area (Å²) in [5.41, 5.74) is 0. The summed E-state index contributed by atoms with van der Waals surface area (Å²) in [5, 5.41) is 8.47. The highest BCUT2D eigenvalue weighted by atomic mass is 32.2. The first kappa shape index (κ1) is 12.9. The van der Waals surface area contributed by atoms with Crippen LogP contribution in [0, 0.1) is 0 Å². The Kier molecular flexibility index (Phi) is 7.28. The van der Waals surface area contributed by atoms with E-state index in [1.54, 1.807) is 0 Å². The first-order valence-electron chi connectivity index (χ1n) is 4.93. The number of aliphatic hydroxyl groups excluding tert-OH is 1. The lowest BCUT2D eigenvalue weighted by Crippen LogP contribution is -2.12. The van der Waals surface area contributed by atoms with Crippen molar-refractivity contribution in [1.29, 1.82) is 0 Å². The largest absolute Gasteiger partial charge is 0.396 e. The van der Waals surface area contributed by atoms with E-state index in [-0.39, 0.29) is 18.1 Å². The summed E-state index contributed by atoms with van der Waals surface area (Å²) in [6, 6.07) is 0. The van der Waals surface area contributed by atoms with Crippen LogP contribution in [0.4, 0.5) is 0 Å². The van der Waals surface area contributed by atoms with E-state index in [4.69, 9.17) is 5.11 Å². The molecule has 0 aliphatic rings. The molecule has 0 rings (SSSR count). The molecule has 80 valence electrons. The van der Waals surface area contributed by atoms with Crippen LogP contribution in [-0.2, 0) is 9.84 Å². The Bertz CT molecular complexity index is 197. The van der Waals surface area contributed by atoms with Crippen LogP contribution in [0.5, 0.6) is 0 Å². The molecule has 0 radical (unpaired) electrons. The van der Waals surface area contributed by atoms with Gasteiger partial charge in [-0.3, -0.25) is 0 Å². The van der Waals surface area contributed by atoms with Crippen molar-refractivity contribution in [1.82, 2.24) is 0 Å². The highest BCUT2D eigenvalue weighted by Gasteiger charge is 2.08. The summed E-state index contributed by atoms with van der Waals surface area (Å²) in [4.78, 5) is 0. The van der Waals surface area contributed by atoms with Crippen LogP contribution in [0.25, 0.3) is 0 Å². The summed E-state index contributed by atoms with van der Waals surface area (Å²) in [5.74, 6) is 0.419. The minimum Gasteiger partial charge on any atom is -0.396 e. The molecule has 1 N–H and O–H groups in total. The molecule has 0 amide bonds. The van der Waals surface area contributed by atoms with Crippen LogP contribution in [-0.4, -0.2) is 31.6 Å². The van der Waals surface area contributed by atoms with Gasteiger partial charge in [-0.1, -0.05) is 26.2 Å². The van der Waals surface area contributed by atoms with Crippen LogP contribution in [0.15, 0.2) is 0 Å². The Hall–Kier alpha value is -0.0900. The lowest BCUT2D eigenvalue weighted by molar-refractivity contribution is 0.295. The van der Waals surface area contributed by atoms with Gasteiger partial charge in [0, 0.05) is 6.61 Å². The molecular formula is C9H20O3S. The Balaban J connectivity index is 3.52. The van der Waals surface area contributed by atoms with Gasteiger partial charge < -0.3 is 5.11 Å². The van der Waals surface area contributed by atoms with Gasteiger partial charge in [0.15, 0.2) is 0 Å². The lowest BCUT2D eigenvalue weighted by Gasteiger charge is -2.02. The first-order chi connectivity index (χ1) is 6.12. The van der Waals surface area contributed by atoms with Gasteiger partial charge in [-0.2, -0.15) is 0 Å². The molecule has 0 fully saturated rings. The fraction of sp³-hybridized carbons (Fsp3) is 1.00. The van der Waals surface area contributed by atoms with Crippen molar-refractivity contribution in [2.75, 3.05) is 18.1 Å². The molecule has 3 nitrogen and oxygen atoms in total. The molecule has 0 bridgehead atoms. The van der Waals surface area contributed by atoms with Gasteiger partial charge in [-0.15, -0.1) is 0 Å². The molecule has 0 spiro atoms. The average Bonchev–Trinajstić information content (AvgIpc) is 2.09. The molecule has 0 aromatic carbocycles. The smallest absolute Gasteiger partial charge is 0.150 e. The molecular weight excluding hydrogens is 188 g/mol. The summed E-state index contributed by atoms with van der Waals surface area (Å²) in [6.45, 7) is 2.06. The fourth-order valence-electron chi connectivity index (χ4n) is 1.14. The van der Waals surface area contributed by atoms with Crippen LogP contribution in [0.1, 0.15) is 39.0 Å². The molecule has 0 atom stereocenters. The third-order valence-corrected chi connectivity index (χ3v) is 3.74. The van der Waals surface area contributed by atoms with Crippen molar-refractivity contribution in [3.05, 3.63) is 0 Å². The van der Waals surface area contributed by atoms with E-state index in [0.717, 1.165) is 25.7 Å². The quantitative estimate of drug-likeness (QED) is 0.613. The summed E-state index contributed by atoms with van der Waals surface area (Å²) >= 11 is 0. The highest BCUT2D eigenvalue weighted by molar-refractivity contribution is 7.91. The predicted octanol–water partition coefficient (Wildman–Crippen LogP) is 1.36. The fourth-order valence-corrected chi connectivity index (χ4v) is 2.55. The number of hydrogen-bond donors (Lipinski definition) is 1. The Morgan fingerprint density at radius 1 is 1.00 bits per heavy atom. The van der Waals surface area contributed by atoms with Gasteiger partial charge in [0.25, 0.3) is 0 Å². The zero-order chi connectivity index (χ0) is 10.2. The lowest BCUT2D eigenvalue weighted by atomic mass is 10.2. The van der Waals surface area contributed by atoms with Crippen molar-refractivity contribution in [3.8, 4) is 0 Å². The minimum atomic E-state index is -2.88. The molecule has 4 heteroatoms. The van der Waals surface area contributed by atoms with Gasteiger partial charge >= 0.3 is 0 Å². The second-order valence-electron chi connectivity index (χ2n) is 3.29. The Morgan fingerprint density at radius 3 is 2.15 bits per heavy atom. The summed E-state index contributed by atoms with van der Waals surface area (Å²) < 4.78 is 22.5. The number of aliphatic hydroxyl groups is 1. The third kappa shape index (κ3) is 8.25. The van der Waals surface area contributed by atoms with Gasteiger partial charge in [0.05, 0.1) is 11.5 Å². The first-order valence-corrected chi connectivity index (χ1v) is 6.76. The van der Waals surface area contributed by atoms with E-state index in [2.05, 4.69) is 6.92 Å². The Labute approximate surface area is 81.1 Å². The number of sulfone groups is 1. The SMILES string of the molecule is CCCCCCS(=O)(=O)CCCO. The maximum absolute atomic E-state index is 11.2. The van der Waals surface area contributed by atoms with Crippen molar-refractivity contribution in [2.45, 2.75) is 39.0 Å². The van der Waals surface area contributed by atoms with E-state index in [9.17, 15) is 8.42 Å². The van der Waals surface area contributed by atoms with Gasteiger partial charge in [0.1, 0.15) is 9.84 Å². The zero-order valence-corrected chi connectivity index (χ0v) is 9.15. The Morgan fingerprint density at radius 2 is 1.62 bits per heavy atom. The van der Waals surface area contributed by atoms with Crippen LogP contribution < -0.4 is 0 Å². The molecule has 13 heavy (non-hydrogen) atoms. The standard InChI is InChI=1S/C9H20O3S/c1-2-3-4-5-8-13(11,12)9-6-7-10/h10H,2-9H2,1H3. The second-order valence-corrected chi connectivity index (χ2v) is 5.59. The topological polar surface area (TPSA) is 54.4 Å². The maximum atomic E-state index is 11.2. The summed E-state index contributed by atoms with van der Waals surface area (Å²) in [7, 11) is -2.88. The maximum Gasteiger partial charge on any atom is 0.150 e. The van der Waals surface area contributed by atoms with Crippen LogP contribution in [0.3, 0.4) is 0 Å². The molecule has 0 aromatic rings. The summed E-state index contributed by atoms with van der Waals surface area (Å²) in [6.07, 6.45) is 4.36. The van der Waals surface area contributed by atoms with Crippen molar-refractivity contribution in [2.24, 2.45) is 0 Å². The average molecular weight is 208 g/mol. The molecule has 0 aromatic heterocycles. The normalized spacial score (nSPS) is 11.8. The number of rotatable bonds is 8. The van der Waals surface area contributed by atoms with Crippen LogP contribution in [0.2, 0.25) is 0 Å². The van der Waals surface area contributed by atoms with E-state index in [1.807, 2.05) is 0 Å². The van der Waals surface area contributed by atoms with E-state index < -0.39 is 9.84 Å². The number of unbranched alkanes of at least 4 members (excludes halogenated alkanes) is 3. The van der Waals surface area contributed by atoms with E-state index >= 15 is 0 Å². The third-order valence-electron chi connectivity index (χ3n) is 1.92. The van der Waals surface area contributed by atoms with E-state index in [0.29, 0.717) is 6.42 Å². The molecule has 0 unspecified atom stereocenters. The van der Waals surface area contributed by atoms with Gasteiger partial charge in [-0.05, 0) is 12.8 Å². The number of hydrogen-bond acceptors (Lipinski definition) is 3. The van der Waals surface area contributed by atoms with Crippen molar-refractivity contribution < 1.29 is 13.5 Å². The molecule has 0 aliphatic heterocycles. The van der Waals surface area contributed by atoms with Gasteiger partial charge in [-0.25, -0.2) is 8.42 Å². The van der Waals surface area contributed by atoms with Crippen LogP contribution >= 0.6 is 0 Å². The molecule has 0 saturated heterocycles.